The van der Waals surface area contributed by atoms with Crippen molar-refractivity contribution in [3.8, 4) is 0 Å². The number of benzene rings is 2. The molecule has 0 unspecified atom stereocenters. The summed E-state index contributed by atoms with van der Waals surface area (Å²) in [7, 11) is -3.72. The summed E-state index contributed by atoms with van der Waals surface area (Å²) in [6, 6.07) is 11.4. The number of anilines is 1. The zero-order valence-corrected chi connectivity index (χ0v) is 15.6. The highest BCUT2D eigenvalue weighted by atomic mass is 32.2. The van der Waals surface area contributed by atoms with Crippen molar-refractivity contribution in [1.82, 2.24) is 4.31 Å². The summed E-state index contributed by atoms with van der Waals surface area (Å²) in [5.41, 5.74) is 4.33. The van der Waals surface area contributed by atoms with Crippen LogP contribution in [0.5, 0.6) is 0 Å². The maximum Gasteiger partial charge on any atom is 0.295 e. The summed E-state index contributed by atoms with van der Waals surface area (Å²) in [4.78, 5) is 10.7. The number of hydrogen-bond donors (Lipinski definition) is 1. The van der Waals surface area contributed by atoms with Crippen LogP contribution in [-0.2, 0) is 10.0 Å². The van der Waals surface area contributed by atoms with E-state index in [4.69, 9.17) is 0 Å². The van der Waals surface area contributed by atoms with Crippen molar-refractivity contribution in [2.24, 2.45) is 5.10 Å². The second-order valence-corrected chi connectivity index (χ2v) is 8.21. The van der Waals surface area contributed by atoms with Crippen molar-refractivity contribution in [3.63, 3.8) is 0 Å². The lowest BCUT2D eigenvalue weighted by Crippen LogP contribution is -2.27. The number of aryl methyl sites for hydroxylation is 1. The number of sulfonamides is 1. The molecule has 0 amide bonds. The average Bonchev–Trinajstić information content (AvgIpc) is 3.19. The van der Waals surface area contributed by atoms with Gasteiger partial charge in [0.2, 0.25) is 10.0 Å². The third kappa shape index (κ3) is 4.15. The van der Waals surface area contributed by atoms with Crippen LogP contribution in [0.1, 0.15) is 24.0 Å². The molecule has 0 aliphatic carbocycles. The Labute approximate surface area is 157 Å². The van der Waals surface area contributed by atoms with Gasteiger partial charge in [-0.05, 0) is 43.0 Å². The molecule has 0 saturated carbocycles. The van der Waals surface area contributed by atoms with Gasteiger partial charge < -0.3 is 0 Å². The van der Waals surface area contributed by atoms with Crippen molar-refractivity contribution < 1.29 is 13.3 Å². The second kappa shape index (κ2) is 7.85. The Bertz CT molecular complexity index is 983. The number of nitro benzene ring substituents is 1. The first-order valence-electron chi connectivity index (χ1n) is 8.53. The van der Waals surface area contributed by atoms with Gasteiger partial charge in [-0.25, -0.2) is 8.42 Å². The highest BCUT2D eigenvalue weighted by Crippen LogP contribution is 2.30. The zero-order chi connectivity index (χ0) is 19.4. The Morgan fingerprint density at radius 2 is 1.89 bits per heavy atom. The molecule has 8 nitrogen and oxygen atoms in total. The third-order valence-corrected chi connectivity index (χ3v) is 6.34. The van der Waals surface area contributed by atoms with Gasteiger partial charge in [-0.2, -0.15) is 9.41 Å². The van der Waals surface area contributed by atoms with Gasteiger partial charge in [0, 0.05) is 19.2 Å². The molecule has 0 atom stereocenters. The average molecular weight is 388 g/mol. The van der Waals surface area contributed by atoms with Gasteiger partial charge in [-0.1, -0.05) is 24.3 Å². The highest BCUT2D eigenvalue weighted by Gasteiger charge is 2.29. The summed E-state index contributed by atoms with van der Waals surface area (Å²) >= 11 is 0. The van der Waals surface area contributed by atoms with E-state index in [0.717, 1.165) is 30.0 Å². The Balaban J connectivity index is 1.86. The van der Waals surface area contributed by atoms with E-state index < -0.39 is 14.9 Å². The van der Waals surface area contributed by atoms with Crippen LogP contribution in [0.3, 0.4) is 0 Å². The van der Waals surface area contributed by atoms with Crippen LogP contribution < -0.4 is 5.43 Å². The van der Waals surface area contributed by atoms with Crippen LogP contribution in [0, 0.1) is 17.0 Å². The molecule has 1 heterocycles. The van der Waals surface area contributed by atoms with E-state index in [1.165, 1.54) is 16.4 Å². The molecule has 0 spiro atoms. The Morgan fingerprint density at radius 3 is 2.56 bits per heavy atom. The SMILES string of the molecule is Cc1ccccc1/C=N/Nc1ccc(S(=O)(=O)N2CCCC2)cc1[N+](=O)[O-]. The fourth-order valence-corrected chi connectivity index (χ4v) is 4.44. The van der Waals surface area contributed by atoms with Gasteiger partial charge in [0.05, 0.1) is 16.0 Å². The summed E-state index contributed by atoms with van der Waals surface area (Å²) in [5.74, 6) is 0. The van der Waals surface area contributed by atoms with E-state index in [-0.39, 0.29) is 16.3 Å². The number of rotatable bonds is 6. The molecule has 2 aromatic rings. The van der Waals surface area contributed by atoms with Crippen molar-refractivity contribution >= 4 is 27.6 Å². The molecule has 0 aromatic heterocycles. The van der Waals surface area contributed by atoms with Gasteiger partial charge in [-0.15, -0.1) is 0 Å². The van der Waals surface area contributed by atoms with Crippen molar-refractivity contribution in [3.05, 3.63) is 63.7 Å². The fourth-order valence-electron chi connectivity index (χ4n) is 2.90. The van der Waals surface area contributed by atoms with E-state index in [0.29, 0.717) is 13.1 Å². The van der Waals surface area contributed by atoms with Crippen molar-refractivity contribution in [1.29, 1.82) is 0 Å². The van der Waals surface area contributed by atoms with Crippen LogP contribution in [0.2, 0.25) is 0 Å². The molecule has 3 rings (SSSR count). The predicted octanol–water partition coefficient (Wildman–Crippen LogP) is 3.13. The normalized spacial score (nSPS) is 15.3. The Morgan fingerprint density at radius 1 is 1.19 bits per heavy atom. The molecule has 1 saturated heterocycles. The summed E-state index contributed by atoms with van der Waals surface area (Å²) < 4.78 is 26.6. The third-order valence-electron chi connectivity index (χ3n) is 4.45. The maximum atomic E-state index is 12.6. The molecule has 2 aromatic carbocycles. The van der Waals surface area contributed by atoms with Crippen molar-refractivity contribution in [2.75, 3.05) is 18.5 Å². The first kappa shape index (κ1) is 19.0. The van der Waals surface area contributed by atoms with Crippen LogP contribution in [0.4, 0.5) is 11.4 Å². The van der Waals surface area contributed by atoms with E-state index >= 15 is 0 Å². The van der Waals surface area contributed by atoms with Gasteiger partial charge in [0.1, 0.15) is 5.69 Å². The van der Waals surface area contributed by atoms with E-state index in [9.17, 15) is 18.5 Å². The monoisotopic (exact) mass is 388 g/mol. The first-order valence-corrected chi connectivity index (χ1v) is 9.97. The number of hydrogen-bond acceptors (Lipinski definition) is 6. The molecule has 9 heteroatoms. The van der Waals surface area contributed by atoms with E-state index in [1.807, 2.05) is 31.2 Å². The quantitative estimate of drug-likeness (QED) is 0.465. The number of nitrogens with zero attached hydrogens (tertiary/aromatic N) is 3. The molecule has 0 bridgehead atoms. The fraction of sp³-hybridized carbons (Fsp3) is 0.278. The molecule has 1 fully saturated rings. The molecule has 1 N–H and O–H groups in total. The van der Waals surface area contributed by atoms with Gasteiger partial charge in [-0.3, -0.25) is 15.5 Å². The minimum absolute atomic E-state index is 0.0791. The topological polar surface area (TPSA) is 105 Å². The lowest BCUT2D eigenvalue weighted by atomic mass is 10.1. The lowest BCUT2D eigenvalue weighted by molar-refractivity contribution is -0.384. The number of nitrogens with one attached hydrogen (secondary N) is 1. The van der Waals surface area contributed by atoms with Crippen LogP contribution in [0.25, 0.3) is 0 Å². The Hall–Kier alpha value is -2.78. The summed E-state index contributed by atoms with van der Waals surface area (Å²) in [6.45, 7) is 2.81. The largest absolute Gasteiger partial charge is 0.295 e. The van der Waals surface area contributed by atoms with Crippen LogP contribution in [0.15, 0.2) is 52.5 Å². The molecular weight excluding hydrogens is 368 g/mol. The molecule has 0 radical (unpaired) electrons. The van der Waals surface area contributed by atoms with E-state index in [1.54, 1.807) is 6.21 Å². The minimum atomic E-state index is -3.72. The molecule has 1 aliphatic rings. The first-order chi connectivity index (χ1) is 12.9. The van der Waals surface area contributed by atoms with Gasteiger partial charge in [0.15, 0.2) is 0 Å². The Kier molecular flexibility index (Phi) is 5.52. The standard InChI is InChI=1S/C18H20N4O4S/c1-14-6-2-3-7-15(14)13-19-20-17-9-8-16(12-18(17)22(23)24)27(25,26)21-10-4-5-11-21/h2-3,6-9,12-13,20H,4-5,10-11H2,1H3/b19-13+. The molecule has 1 aliphatic heterocycles. The highest BCUT2D eigenvalue weighted by molar-refractivity contribution is 7.89. The maximum absolute atomic E-state index is 12.6. The lowest BCUT2D eigenvalue weighted by Gasteiger charge is -2.15. The van der Waals surface area contributed by atoms with Gasteiger partial charge >= 0.3 is 0 Å². The second-order valence-electron chi connectivity index (χ2n) is 6.27. The van der Waals surface area contributed by atoms with Crippen molar-refractivity contribution in [2.45, 2.75) is 24.7 Å². The summed E-state index contributed by atoms with van der Waals surface area (Å²) in [5, 5.41) is 15.5. The number of nitro groups is 1. The van der Waals surface area contributed by atoms with Gasteiger partial charge in [0.25, 0.3) is 5.69 Å². The van der Waals surface area contributed by atoms with E-state index in [2.05, 4.69) is 10.5 Å². The van der Waals surface area contributed by atoms with Crippen LogP contribution in [-0.4, -0.2) is 37.0 Å². The summed E-state index contributed by atoms with van der Waals surface area (Å²) in [6.07, 6.45) is 3.16. The zero-order valence-electron chi connectivity index (χ0n) is 14.8. The number of hydrazone groups is 1. The molecule has 142 valence electrons. The molecule has 27 heavy (non-hydrogen) atoms. The smallest absolute Gasteiger partial charge is 0.272 e. The minimum Gasteiger partial charge on any atom is -0.272 e. The van der Waals surface area contributed by atoms with Crippen LogP contribution >= 0.6 is 0 Å². The molecular formula is C18H20N4O4S. The predicted molar refractivity (Wildman–Crippen MR) is 103 cm³/mol.